The summed E-state index contributed by atoms with van der Waals surface area (Å²) in [7, 11) is 0. The highest BCUT2D eigenvalue weighted by atomic mass is 14.7. The summed E-state index contributed by atoms with van der Waals surface area (Å²) in [5, 5.41) is 15.1. The highest BCUT2D eigenvalue weighted by Crippen LogP contribution is 2.22. The molecule has 0 saturated heterocycles. The fourth-order valence-electron chi connectivity index (χ4n) is 1.18. The predicted molar refractivity (Wildman–Crippen MR) is 50.7 cm³/mol. The van der Waals surface area contributed by atoms with E-state index in [0.29, 0.717) is 5.70 Å². The zero-order valence-corrected chi connectivity index (χ0v) is 7.58. The molecule has 0 atom stereocenters. The first kappa shape index (κ1) is 8.71. The van der Waals surface area contributed by atoms with Crippen LogP contribution in [0, 0.1) is 10.8 Å². The summed E-state index contributed by atoms with van der Waals surface area (Å²) in [6, 6.07) is 0. The van der Waals surface area contributed by atoms with Crippen LogP contribution in [0.3, 0.4) is 0 Å². The van der Waals surface area contributed by atoms with Gasteiger partial charge in [-0.2, -0.15) is 0 Å². The molecule has 0 saturated carbocycles. The number of nitrogens with two attached hydrogens (primary N) is 1. The first-order valence-corrected chi connectivity index (χ1v) is 3.79. The fourth-order valence-corrected chi connectivity index (χ4v) is 1.18. The molecule has 1 aliphatic carbocycles. The van der Waals surface area contributed by atoms with Gasteiger partial charge in [-0.05, 0) is 37.5 Å². The van der Waals surface area contributed by atoms with Crippen LogP contribution in [0.25, 0.3) is 0 Å². The average Bonchev–Trinajstić information content (AvgIpc) is 2.08. The second kappa shape index (κ2) is 2.59. The molecule has 0 amide bonds. The zero-order valence-electron chi connectivity index (χ0n) is 7.58. The minimum atomic E-state index is 0.149. The second-order valence-corrected chi connectivity index (χ2v) is 3.04. The molecule has 0 aliphatic heterocycles. The van der Waals surface area contributed by atoms with E-state index >= 15 is 0 Å². The van der Waals surface area contributed by atoms with Crippen LogP contribution in [0.5, 0.6) is 0 Å². The van der Waals surface area contributed by atoms with E-state index in [0.717, 1.165) is 16.7 Å². The number of hydrogen-bond acceptors (Lipinski definition) is 3. The van der Waals surface area contributed by atoms with E-state index in [-0.39, 0.29) is 11.4 Å². The van der Waals surface area contributed by atoms with Crippen molar-refractivity contribution >= 4 is 11.4 Å². The molecule has 0 fully saturated rings. The van der Waals surface area contributed by atoms with Crippen molar-refractivity contribution in [2.45, 2.75) is 20.8 Å². The van der Waals surface area contributed by atoms with Crippen molar-refractivity contribution < 1.29 is 0 Å². The van der Waals surface area contributed by atoms with Gasteiger partial charge in [0.1, 0.15) is 5.71 Å². The summed E-state index contributed by atoms with van der Waals surface area (Å²) < 4.78 is 0. The summed E-state index contributed by atoms with van der Waals surface area (Å²) in [5.74, 6) is 0. The van der Waals surface area contributed by atoms with E-state index < -0.39 is 0 Å². The molecule has 4 N–H and O–H groups in total. The second-order valence-electron chi connectivity index (χ2n) is 3.04. The molecular formula is C9H13N3. The van der Waals surface area contributed by atoms with Gasteiger partial charge < -0.3 is 5.73 Å². The zero-order chi connectivity index (χ0) is 9.46. The van der Waals surface area contributed by atoms with Gasteiger partial charge in [0.2, 0.25) is 0 Å². The average molecular weight is 163 g/mol. The van der Waals surface area contributed by atoms with Crippen molar-refractivity contribution in [2.75, 3.05) is 0 Å². The van der Waals surface area contributed by atoms with Crippen LogP contribution in [-0.4, -0.2) is 11.4 Å². The Kier molecular flexibility index (Phi) is 1.88. The van der Waals surface area contributed by atoms with Crippen LogP contribution in [0.15, 0.2) is 22.4 Å². The maximum Gasteiger partial charge on any atom is 0.102 e. The van der Waals surface area contributed by atoms with Gasteiger partial charge in [0.05, 0.1) is 11.4 Å². The Morgan fingerprint density at radius 1 is 0.833 bits per heavy atom. The third kappa shape index (κ3) is 0.978. The number of hydrogen-bond donors (Lipinski definition) is 3. The number of allylic oxidation sites excluding steroid dienone is 4. The largest absolute Gasteiger partial charge is 0.397 e. The molecule has 1 rings (SSSR count). The van der Waals surface area contributed by atoms with Crippen LogP contribution in [0.4, 0.5) is 0 Å². The molecule has 0 bridgehead atoms. The van der Waals surface area contributed by atoms with E-state index in [4.69, 9.17) is 16.6 Å². The van der Waals surface area contributed by atoms with E-state index in [1.165, 1.54) is 0 Å². The van der Waals surface area contributed by atoms with Crippen molar-refractivity contribution in [3.63, 3.8) is 0 Å². The molecular weight excluding hydrogens is 150 g/mol. The van der Waals surface area contributed by atoms with Crippen LogP contribution >= 0.6 is 0 Å². The summed E-state index contributed by atoms with van der Waals surface area (Å²) in [6.45, 7) is 5.66. The van der Waals surface area contributed by atoms with Crippen LogP contribution in [0.1, 0.15) is 20.8 Å². The molecule has 12 heavy (non-hydrogen) atoms. The maximum atomic E-state index is 7.55. The first-order chi connectivity index (χ1) is 5.46. The molecule has 0 spiro atoms. The van der Waals surface area contributed by atoms with Gasteiger partial charge in [0.25, 0.3) is 0 Å². The van der Waals surface area contributed by atoms with Gasteiger partial charge in [-0.1, -0.05) is 0 Å². The molecule has 0 aromatic carbocycles. The molecule has 0 aromatic rings. The Balaban J connectivity index is 3.37. The van der Waals surface area contributed by atoms with Gasteiger partial charge >= 0.3 is 0 Å². The fraction of sp³-hybridized carbons (Fsp3) is 0.333. The SMILES string of the molecule is CC1=C(C)C(C)=C(N)C(=N)C1=N. The van der Waals surface area contributed by atoms with E-state index in [2.05, 4.69) is 0 Å². The van der Waals surface area contributed by atoms with Crippen LogP contribution in [-0.2, 0) is 0 Å². The Bertz CT molecular complexity index is 282. The smallest absolute Gasteiger partial charge is 0.102 e. The Morgan fingerprint density at radius 2 is 1.33 bits per heavy atom. The van der Waals surface area contributed by atoms with Gasteiger partial charge in [0.15, 0.2) is 0 Å². The standard InChI is InChI=1S/C9H13N3/c1-4-5(2)7(10)9(12)8(11)6(4)3/h10,12H,11H2,1-3H3. The van der Waals surface area contributed by atoms with E-state index in [9.17, 15) is 0 Å². The van der Waals surface area contributed by atoms with Crippen molar-refractivity contribution in [1.82, 2.24) is 0 Å². The minimum Gasteiger partial charge on any atom is -0.397 e. The molecule has 0 radical (unpaired) electrons. The predicted octanol–water partition coefficient (Wildman–Crippen LogP) is 1.61. The lowest BCUT2D eigenvalue weighted by atomic mass is 9.89. The highest BCUT2D eigenvalue weighted by Gasteiger charge is 2.20. The molecule has 3 nitrogen and oxygen atoms in total. The summed E-state index contributed by atoms with van der Waals surface area (Å²) in [6.07, 6.45) is 0. The third-order valence-corrected chi connectivity index (χ3v) is 2.42. The Hall–Kier alpha value is -1.38. The van der Waals surface area contributed by atoms with E-state index in [1.54, 1.807) is 0 Å². The highest BCUT2D eigenvalue weighted by molar-refractivity contribution is 6.52. The third-order valence-electron chi connectivity index (χ3n) is 2.42. The van der Waals surface area contributed by atoms with Crippen LogP contribution in [0.2, 0.25) is 0 Å². The summed E-state index contributed by atoms with van der Waals surface area (Å²) >= 11 is 0. The number of rotatable bonds is 0. The van der Waals surface area contributed by atoms with Crippen molar-refractivity contribution in [2.24, 2.45) is 5.73 Å². The normalized spacial score (nSPS) is 19.2. The Morgan fingerprint density at radius 3 is 1.83 bits per heavy atom. The minimum absolute atomic E-state index is 0.149. The van der Waals surface area contributed by atoms with Gasteiger partial charge in [0, 0.05) is 0 Å². The lowest BCUT2D eigenvalue weighted by Crippen LogP contribution is -2.27. The van der Waals surface area contributed by atoms with Crippen molar-refractivity contribution in [1.29, 1.82) is 10.8 Å². The maximum absolute atomic E-state index is 7.55. The van der Waals surface area contributed by atoms with Crippen LogP contribution < -0.4 is 5.73 Å². The number of nitrogens with one attached hydrogen (secondary N) is 2. The summed E-state index contributed by atoms with van der Waals surface area (Å²) in [4.78, 5) is 0. The van der Waals surface area contributed by atoms with Gasteiger partial charge in [-0.25, -0.2) is 0 Å². The first-order valence-electron chi connectivity index (χ1n) is 3.79. The lowest BCUT2D eigenvalue weighted by molar-refractivity contribution is 1.20. The van der Waals surface area contributed by atoms with Crippen molar-refractivity contribution in [3.8, 4) is 0 Å². The molecule has 64 valence electrons. The Labute approximate surface area is 72.0 Å². The molecule has 0 aromatic heterocycles. The topological polar surface area (TPSA) is 73.7 Å². The lowest BCUT2D eigenvalue weighted by Gasteiger charge is -2.19. The molecule has 1 aliphatic rings. The quantitative estimate of drug-likeness (QED) is 0.466. The van der Waals surface area contributed by atoms with E-state index in [1.807, 2.05) is 20.8 Å². The van der Waals surface area contributed by atoms with Gasteiger partial charge in [-0.3, -0.25) is 10.8 Å². The molecule has 3 heteroatoms. The monoisotopic (exact) mass is 163 g/mol. The molecule has 0 heterocycles. The van der Waals surface area contributed by atoms with Gasteiger partial charge in [-0.15, -0.1) is 0 Å². The molecule has 0 unspecified atom stereocenters. The summed E-state index contributed by atoms with van der Waals surface area (Å²) in [5.41, 5.74) is 9.27. The van der Waals surface area contributed by atoms with Crippen molar-refractivity contribution in [3.05, 3.63) is 22.4 Å².